The van der Waals surface area contributed by atoms with E-state index in [1.54, 1.807) is 0 Å². The molecule has 6 nitrogen and oxygen atoms in total. The highest BCUT2D eigenvalue weighted by Crippen LogP contribution is 2.16. The molecule has 80 valence electrons. The minimum absolute atomic E-state index is 0.000732. The number of hydrogen-bond acceptors (Lipinski definition) is 5. The van der Waals surface area contributed by atoms with Gasteiger partial charge in [0.25, 0.3) is 5.91 Å². The Morgan fingerprint density at radius 2 is 2.40 bits per heavy atom. The van der Waals surface area contributed by atoms with Crippen molar-refractivity contribution in [1.82, 2.24) is 9.97 Å². The van der Waals surface area contributed by atoms with Crippen molar-refractivity contribution in [2.45, 2.75) is 6.04 Å². The molecule has 0 aliphatic carbocycles. The number of hydrogen-bond donors (Lipinski definition) is 2. The summed E-state index contributed by atoms with van der Waals surface area (Å²) in [6, 6.07) is 0.174. The quantitative estimate of drug-likeness (QED) is 0.713. The van der Waals surface area contributed by atoms with Gasteiger partial charge < -0.3 is 15.8 Å². The van der Waals surface area contributed by atoms with Gasteiger partial charge in [-0.15, -0.1) is 0 Å². The molecule has 1 aromatic rings. The maximum absolute atomic E-state index is 11.1. The van der Waals surface area contributed by atoms with Gasteiger partial charge in [0, 0.05) is 0 Å². The topological polar surface area (TPSA) is 90.1 Å². The Labute approximate surface area is 90.8 Å². The zero-order valence-electron chi connectivity index (χ0n) is 7.74. The molecular formula is C8H9ClN4O2. The molecule has 1 fully saturated rings. The van der Waals surface area contributed by atoms with Gasteiger partial charge >= 0.3 is 0 Å². The molecule has 1 amide bonds. The summed E-state index contributed by atoms with van der Waals surface area (Å²) in [5.74, 6) is -0.637. The van der Waals surface area contributed by atoms with Crippen molar-refractivity contribution >= 4 is 23.2 Å². The molecule has 0 bridgehead atoms. The van der Waals surface area contributed by atoms with Crippen molar-refractivity contribution in [2.24, 2.45) is 5.73 Å². The molecule has 0 saturated carbocycles. The molecule has 0 unspecified atom stereocenters. The summed E-state index contributed by atoms with van der Waals surface area (Å²) >= 11 is 5.56. The number of carbonyl (C=O) groups excluding carboxylic acids is 1. The number of amides is 1. The summed E-state index contributed by atoms with van der Waals surface area (Å²) in [6.07, 6.45) is 1.44. The first-order valence-electron chi connectivity index (χ1n) is 4.33. The molecular weight excluding hydrogens is 220 g/mol. The smallest absolute Gasteiger partial charge is 0.269 e. The van der Waals surface area contributed by atoms with E-state index in [1.807, 2.05) is 0 Å². The third-order valence-electron chi connectivity index (χ3n) is 1.99. The number of halogens is 1. The minimum atomic E-state index is -0.637. The second kappa shape index (κ2) is 4.00. The lowest BCUT2D eigenvalue weighted by Gasteiger charge is -2.28. The van der Waals surface area contributed by atoms with Crippen molar-refractivity contribution in [2.75, 3.05) is 18.5 Å². The first-order valence-corrected chi connectivity index (χ1v) is 4.71. The molecule has 7 heteroatoms. The summed E-state index contributed by atoms with van der Waals surface area (Å²) in [6.45, 7) is 1.20. The highest BCUT2D eigenvalue weighted by Gasteiger charge is 2.21. The van der Waals surface area contributed by atoms with Crippen molar-refractivity contribution in [3.8, 4) is 0 Å². The summed E-state index contributed by atoms with van der Waals surface area (Å²) in [5, 5.41) is 3.05. The van der Waals surface area contributed by atoms with E-state index in [2.05, 4.69) is 15.3 Å². The van der Waals surface area contributed by atoms with Crippen LogP contribution in [0.4, 0.5) is 5.69 Å². The Bertz CT molecular complexity index is 394. The third kappa shape index (κ3) is 2.16. The van der Waals surface area contributed by atoms with Gasteiger partial charge in [0.1, 0.15) is 0 Å². The average Bonchev–Trinajstić information content (AvgIpc) is 2.12. The molecule has 15 heavy (non-hydrogen) atoms. The lowest BCUT2D eigenvalue weighted by Crippen LogP contribution is -2.40. The number of nitrogens with zero attached hydrogens (tertiary/aromatic N) is 2. The predicted octanol–water partition coefficient (Wildman–Crippen LogP) is 0.0396. The van der Waals surface area contributed by atoms with Crippen molar-refractivity contribution < 1.29 is 9.53 Å². The van der Waals surface area contributed by atoms with Gasteiger partial charge in [0.15, 0.2) is 5.69 Å². The van der Waals surface area contributed by atoms with E-state index < -0.39 is 5.91 Å². The van der Waals surface area contributed by atoms with Crippen molar-refractivity contribution in [3.63, 3.8) is 0 Å². The maximum atomic E-state index is 11.1. The SMILES string of the molecule is NC(=O)c1nc(Cl)ncc1NC1COC1. The molecule has 0 radical (unpaired) electrons. The molecule has 0 atom stereocenters. The van der Waals surface area contributed by atoms with Gasteiger partial charge in [-0.1, -0.05) is 0 Å². The van der Waals surface area contributed by atoms with Crippen LogP contribution in [0.5, 0.6) is 0 Å². The first kappa shape index (κ1) is 10.1. The van der Waals surface area contributed by atoms with E-state index in [4.69, 9.17) is 22.1 Å². The van der Waals surface area contributed by atoms with Crippen LogP contribution in [0.2, 0.25) is 5.28 Å². The lowest BCUT2D eigenvalue weighted by atomic mass is 10.2. The van der Waals surface area contributed by atoms with Crippen LogP contribution in [0.25, 0.3) is 0 Å². The van der Waals surface area contributed by atoms with E-state index >= 15 is 0 Å². The maximum Gasteiger partial charge on any atom is 0.269 e. The van der Waals surface area contributed by atoms with E-state index in [1.165, 1.54) is 6.20 Å². The predicted molar refractivity (Wildman–Crippen MR) is 53.8 cm³/mol. The van der Waals surface area contributed by atoms with Gasteiger partial charge in [0.2, 0.25) is 5.28 Å². The highest BCUT2D eigenvalue weighted by molar-refractivity contribution is 6.28. The number of nitrogens with two attached hydrogens (primary N) is 1. The second-order valence-corrected chi connectivity index (χ2v) is 3.48. The Morgan fingerprint density at radius 1 is 1.67 bits per heavy atom. The van der Waals surface area contributed by atoms with Crippen LogP contribution in [-0.4, -0.2) is 35.1 Å². The minimum Gasteiger partial charge on any atom is -0.377 e. The van der Waals surface area contributed by atoms with Crippen molar-refractivity contribution in [3.05, 3.63) is 17.2 Å². The summed E-state index contributed by atoms with van der Waals surface area (Å²) in [7, 11) is 0. The normalized spacial score (nSPS) is 15.8. The molecule has 2 heterocycles. The van der Waals surface area contributed by atoms with Gasteiger partial charge in [-0.2, -0.15) is 0 Å². The van der Waals surface area contributed by atoms with Crippen LogP contribution < -0.4 is 11.1 Å². The van der Waals surface area contributed by atoms with Gasteiger partial charge in [-0.25, -0.2) is 9.97 Å². The monoisotopic (exact) mass is 228 g/mol. The summed E-state index contributed by atoms with van der Waals surface area (Å²) in [4.78, 5) is 18.6. The Balaban J connectivity index is 2.23. The van der Waals surface area contributed by atoms with Crippen LogP contribution in [0.3, 0.4) is 0 Å². The van der Waals surface area contributed by atoms with E-state index in [9.17, 15) is 4.79 Å². The van der Waals surface area contributed by atoms with Gasteiger partial charge in [0.05, 0.1) is 31.1 Å². The van der Waals surface area contributed by atoms with E-state index in [0.29, 0.717) is 18.9 Å². The van der Waals surface area contributed by atoms with Gasteiger partial charge in [-0.05, 0) is 11.6 Å². The Kier molecular flexibility index (Phi) is 2.70. The molecule has 1 saturated heterocycles. The summed E-state index contributed by atoms with van der Waals surface area (Å²) < 4.78 is 4.99. The van der Waals surface area contributed by atoms with Crippen LogP contribution in [-0.2, 0) is 4.74 Å². The number of carbonyl (C=O) groups is 1. The fraction of sp³-hybridized carbons (Fsp3) is 0.375. The molecule has 1 aliphatic rings. The molecule has 1 aromatic heterocycles. The molecule has 2 rings (SSSR count). The second-order valence-electron chi connectivity index (χ2n) is 3.14. The van der Waals surface area contributed by atoms with Gasteiger partial charge in [-0.3, -0.25) is 4.79 Å². The summed E-state index contributed by atoms with van der Waals surface area (Å²) in [5.41, 5.74) is 5.74. The fourth-order valence-electron chi connectivity index (χ4n) is 1.19. The van der Waals surface area contributed by atoms with E-state index in [-0.39, 0.29) is 17.0 Å². The number of nitrogens with one attached hydrogen (secondary N) is 1. The third-order valence-corrected chi connectivity index (χ3v) is 2.17. The zero-order valence-corrected chi connectivity index (χ0v) is 8.49. The largest absolute Gasteiger partial charge is 0.377 e. The standard InChI is InChI=1S/C8H9ClN4O2/c9-8-11-1-5(6(13-8)7(10)14)12-4-2-15-3-4/h1,4,12H,2-3H2,(H2,10,14). The fourth-order valence-corrected chi connectivity index (χ4v) is 1.33. The van der Waals surface area contributed by atoms with Crippen LogP contribution in [0.15, 0.2) is 6.20 Å². The molecule has 1 aliphatic heterocycles. The highest BCUT2D eigenvalue weighted by atomic mass is 35.5. The zero-order chi connectivity index (χ0) is 10.8. The number of ether oxygens (including phenoxy) is 1. The number of anilines is 1. The average molecular weight is 229 g/mol. The number of aromatic nitrogens is 2. The Hall–Kier alpha value is -1.40. The first-order chi connectivity index (χ1) is 7.16. The molecule has 0 spiro atoms. The number of rotatable bonds is 3. The van der Waals surface area contributed by atoms with Crippen molar-refractivity contribution in [1.29, 1.82) is 0 Å². The van der Waals surface area contributed by atoms with E-state index in [0.717, 1.165) is 0 Å². The Morgan fingerprint density at radius 3 is 2.93 bits per heavy atom. The van der Waals surface area contributed by atoms with Crippen LogP contribution in [0, 0.1) is 0 Å². The van der Waals surface area contributed by atoms with Crippen LogP contribution >= 0.6 is 11.6 Å². The lowest BCUT2D eigenvalue weighted by molar-refractivity contribution is 0.0210. The van der Waals surface area contributed by atoms with Crippen LogP contribution in [0.1, 0.15) is 10.5 Å². The number of primary amides is 1. The molecule has 3 N–H and O–H groups in total. The molecule has 0 aromatic carbocycles.